The fourth-order valence-electron chi connectivity index (χ4n) is 2.08. The van der Waals surface area contributed by atoms with Crippen molar-refractivity contribution in [3.8, 4) is 0 Å². The van der Waals surface area contributed by atoms with Gasteiger partial charge in [0.25, 0.3) is 0 Å². The molecule has 3 unspecified atom stereocenters. The first-order valence-electron chi connectivity index (χ1n) is 6.61. The molecule has 0 saturated carbocycles. The molecule has 1 aliphatic rings. The molecule has 5 atom stereocenters. The summed E-state index contributed by atoms with van der Waals surface area (Å²) in [6.45, 7) is 3.01. The smallest absolute Gasteiger partial charge is 0.303 e. The van der Waals surface area contributed by atoms with E-state index in [1.165, 1.54) is 0 Å². The van der Waals surface area contributed by atoms with Crippen LogP contribution in [0.4, 0.5) is 0 Å². The first kappa shape index (κ1) is 18.7. The normalized spacial score (nSPS) is 29.8. The van der Waals surface area contributed by atoms with Crippen LogP contribution in [0.2, 0.25) is 0 Å². The maximum absolute atomic E-state index is 11.3. The molecule has 128 valence electrons. The molecular weight excluding hydrogens is 314 g/mol. The van der Waals surface area contributed by atoms with E-state index in [2.05, 4.69) is 10.0 Å². The largest absolute Gasteiger partial charge is 0.463 e. The Morgan fingerprint density at radius 3 is 2.17 bits per heavy atom. The molecular formula is C12H17N3O8. The zero-order valence-electron chi connectivity index (χ0n) is 12.7. The van der Waals surface area contributed by atoms with Crippen LogP contribution >= 0.6 is 0 Å². The highest BCUT2D eigenvalue weighted by Gasteiger charge is 2.49. The average molecular weight is 331 g/mol. The van der Waals surface area contributed by atoms with Gasteiger partial charge in [-0.1, -0.05) is 5.11 Å². The number of hydrogen-bond acceptors (Lipinski definition) is 9. The van der Waals surface area contributed by atoms with Gasteiger partial charge in [0.15, 0.2) is 18.5 Å². The van der Waals surface area contributed by atoms with Gasteiger partial charge in [0.05, 0.1) is 0 Å². The second kappa shape index (κ2) is 8.32. The van der Waals surface area contributed by atoms with Crippen LogP contribution in [-0.2, 0) is 33.3 Å². The van der Waals surface area contributed by atoms with E-state index in [4.69, 9.17) is 24.5 Å². The van der Waals surface area contributed by atoms with Gasteiger partial charge in [0.1, 0.15) is 18.8 Å². The molecule has 0 bridgehead atoms. The second-order valence-electron chi connectivity index (χ2n) is 4.71. The number of aliphatic hydroxyl groups is 1. The molecule has 0 amide bonds. The molecule has 0 aromatic rings. The number of esters is 3. The molecule has 1 fully saturated rings. The van der Waals surface area contributed by atoms with E-state index in [0.29, 0.717) is 0 Å². The summed E-state index contributed by atoms with van der Waals surface area (Å²) in [6, 6.07) is -1.33. The van der Waals surface area contributed by atoms with Crippen LogP contribution in [0.3, 0.4) is 0 Å². The lowest BCUT2D eigenvalue weighted by Gasteiger charge is -2.41. The van der Waals surface area contributed by atoms with Crippen molar-refractivity contribution in [3.63, 3.8) is 0 Å². The highest BCUT2D eigenvalue weighted by molar-refractivity contribution is 5.67. The first-order chi connectivity index (χ1) is 10.8. The Balaban J connectivity index is 3.11. The van der Waals surface area contributed by atoms with Gasteiger partial charge in [-0.15, -0.1) is 0 Å². The zero-order valence-corrected chi connectivity index (χ0v) is 12.7. The van der Waals surface area contributed by atoms with Crippen molar-refractivity contribution in [2.75, 3.05) is 6.61 Å². The number of carbonyl (C=O) groups is 3. The van der Waals surface area contributed by atoms with Gasteiger partial charge in [-0.3, -0.25) is 14.4 Å². The molecule has 1 N–H and O–H groups in total. The minimum absolute atomic E-state index is 0.356. The molecule has 0 radical (unpaired) electrons. The van der Waals surface area contributed by atoms with Crippen molar-refractivity contribution >= 4 is 17.9 Å². The number of hydrogen-bond donors (Lipinski definition) is 1. The Kier molecular flexibility index (Phi) is 6.76. The predicted octanol–water partition coefficient (Wildman–Crippen LogP) is -0.191. The van der Waals surface area contributed by atoms with Crippen molar-refractivity contribution in [2.45, 2.75) is 51.4 Å². The fourth-order valence-corrected chi connectivity index (χ4v) is 2.08. The predicted molar refractivity (Wildman–Crippen MR) is 71.6 cm³/mol. The van der Waals surface area contributed by atoms with Crippen LogP contribution in [0, 0.1) is 0 Å². The molecule has 0 aliphatic carbocycles. The summed E-state index contributed by atoms with van der Waals surface area (Å²) in [5, 5.41) is 13.2. The molecule has 1 heterocycles. The topological polar surface area (TPSA) is 157 Å². The number of carbonyl (C=O) groups excluding carboxylic acids is 3. The number of rotatable bonds is 5. The van der Waals surface area contributed by atoms with Crippen LogP contribution in [0.15, 0.2) is 5.11 Å². The van der Waals surface area contributed by atoms with E-state index in [0.717, 1.165) is 20.8 Å². The third kappa shape index (κ3) is 5.40. The Bertz CT molecular complexity index is 518. The number of aliphatic hydroxyl groups excluding tert-OH is 1. The van der Waals surface area contributed by atoms with Gasteiger partial charge in [-0.25, -0.2) is 0 Å². The van der Waals surface area contributed by atoms with Crippen molar-refractivity contribution in [2.24, 2.45) is 5.11 Å². The summed E-state index contributed by atoms with van der Waals surface area (Å²) in [4.78, 5) is 36.0. The summed E-state index contributed by atoms with van der Waals surface area (Å²) in [7, 11) is 0. The van der Waals surface area contributed by atoms with Crippen molar-refractivity contribution in [3.05, 3.63) is 10.4 Å². The van der Waals surface area contributed by atoms with Gasteiger partial charge in [0.2, 0.25) is 0 Å². The Morgan fingerprint density at radius 2 is 1.70 bits per heavy atom. The van der Waals surface area contributed by atoms with Crippen LogP contribution in [0.1, 0.15) is 20.8 Å². The van der Waals surface area contributed by atoms with Gasteiger partial charge in [0, 0.05) is 25.7 Å². The molecule has 11 heteroatoms. The Labute approximate surface area is 131 Å². The third-order valence-corrected chi connectivity index (χ3v) is 2.87. The van der Waals surface area contributed by atoms with E-state index >= 15 is 0 Å². The number of azide groups is 1. The van der Waals surface area contributed by atoms with E-state index < -0.39 is 48.6 Å². The van der Waals surface area contributed by atoms with Gasteiger partial charge < -0.3 is 24.1 Å². The molecule has 11 nitrogen and oxygen atoms in total. The fraction of sp³-hybridized carbons (Fsp3) is 0.750. The minimum Gasteiger partial charge on any atom is -0.463 e. The standard InChI is InChI=1S/C12H17N3O8/c1-5(16)20-4-8-10(21-6(2)17)11(22-7(3)18)9(14-15-13)12(19)23-8/h8-12,19H,4H2,1-3H3/t8?,9?,10-,11-,12?/m1/s1. The SMILES string of the molecule is CC(=O)OCC1OC(O)C(N=[N+]=[N-])[C@@H](OC(C)=O)[C@@H]1OC(C)=O. The van der Waals surface area contributed by atoms with Crippen LogP contribution in [-0.4, -0.2) is 60.3 Å². The van der Waals surface area contributed by atoms with Crippen LogP contribution in [0.25, 0.3) is 10.4 Å². The molecule has 0 aromatic heterocycles. The van der Waals surface area contributed by atoms with Gasteiger partial charge in [-0.05, 0) is 5.53 Å². The second-order valence-corrected chi connectivity index (χ2v) is 4.71. The molecule has 23 heavy (non-hydrogen) atoms. The van der Waals surface area contributed by atoms with Crippen molar-refractivity contribution in [1.82, 2.24) is 0 Å². The molecule has 1 saturated heterocycles. The quantitative estimate of drug-likeness (QED) is 0.239. The molecule has 0 spiro atoms. The molecule has 1 rings (SSSR count). The van der Waals surface area contributed by atoms with Gasteiger partial charge in [-0.2, -0.15) is 0 Å². The highest BCUT2D eigenvalue weighted by Crippen LogP contribution is 2.28. The molecule has 1 aliphatic heterocycles. The zero-order chi connectivity index (χ0) is 17.6. The summed E-state index contributed by atoms with van der Waals surface area (Å²) < 4.78 is 20.0. The lowest BCUT2D eigenvalue weighted by Crippen LogP contribution is -2.60. The number of nitrogens with zero attached hydrogens (tertiary/aromatic N) is 3. The van der Waals surface area contributed by atoms with E-state index in [-0.39, 0.29) is 6.61 Å². The third-order valence-electron chi connectivity index (χ3n) is 2.87. The minimum atomic E-state index is -1.64. The van der Waals surface area contributed by atoms with Crippen LogP contribution in [0.5, 0.6) is 0 Å². The molecule has 0 aromatic carbocycles. The number of ether oxygens (including phenoxy) is 4. The summed E-state index contributed by atoms with van der Waals surface area (Å²) in [5.41, 5.74) is 8.57. The highest BCUT2D eigenvalue weighted by atomic mass is 16.7. The van der Waals surface area contributed by atoms with E-state index in [1.54, 1.807) is 0 Å². The lowest BCUT2D eigenvalue weighted by atomic mass is 9.97. The monoisotopic (exact) mass is 331 g/mol. The Hall–Kier alpha value is -2.36. The van der Waals surface area contributed by atoms with Crippen molar-refractivity contribution < 1.29 is 38.4 Å². The lowest BCUT2D eigenvalue weighted by molar-refractivity contribution is -0.260. The van der Waals surface area contributed by atoms with Gasteiger partial charge >= 0.3 is 17.9 Å². The Morgan fingerprint density at radius 1 is 1.13 bits per heavy atom. The average Bonchev–Trinajstić information content (AvgIpc) is 2.42. The summed E-state index contributed by atoms with van der Waals surface area (Å²) in [6.07, 6.45) is -5.26. The van der Waals surface area contributed by atoms with Crippen molar-refractivity contribution in [1.29, 1.82) is 0 Å². The van der Waals surface area contributed by atoms with Crippen LogP contribution < -0.4 is 0 Å². The van der Waals surface area contributed by atoms with E-state index in [9.17, 15) is 19.5 Å². The summed E-state index contributed by atoms with van der Waals surface area (Å²) >= 11 is 0. The summed E-state index contributed by atoms with van der Waals surface area (Å²) in [5.74, 6) is -2.09. The maximum Gasteiger partial charge on any atom is 0.303 e. The van der Waals surface area contributed by atoms with E-state index in [1.807, 2.05) is 0 Å². The first-order valence-corrected chi connectivity index (χ1v) is 6.61. The maximum atomic E-state index is 11.3.